The summed E-state index contributed by atoms with van der Waals surface area (Å²) >= 11 is 0. The molecular formula is C19H16F2N6O2S. The average Bonchev–Trinajstić information content (AvgIpc) is 2.69. The van der Waals surface area contributed by atoms with Crippen molar-refractivity contribution in [3.8, 4) is 6.07 Å². The van der Waals surface area contributed by atoms with E-state index in [1.165, 1.54) is 30.3 Å². The number of nitrogens with zero attached hydrogens (tertiary/aromatic N) is 3. The molecule has 0 fully saturated rings. The van der Waals surface area contributed by atoms with E-state index in [1.807, 2.05) is 6.07 Å². The second-order valence-electron chi connectivity index (χ2n) is 6.18. The number of anilines is 4. The largest absolute Gasteiger partial charge is 0.338 e. The number of sulfonamides is 1. The Morgan fingerprint density at radius 2 is 1.83 bits per heavy atom. The normalized spacial score (nSPS) is 11.0. The fourth-order valence-electron chi connectivity index (χ4n) is 2.55. The molecule has 30 heavy (non-hydrogen) atoms. The molecule has 0 radical (unpaired) electrons. The van der Waals surface area contributed by atoms with Gasteiger partial charge in [-0.3, -0.25) is 0 Å². The molecule has 0 bridgehead atoms. The highest BCUT2D eigenvalue weighted by Crippen LogP contribution is 2.23. The number of nitrogens with two attached hydrogens (primary N) is 1. The number of aryl methyl sites for hydroxylation is 1. The fourth-order valence-corrected chi connectivity index (χ4v) is 3.11. The number of nitrogens with one attached hydrogen (secondary N) is 2. The molecule has 0 aliphatic heterocycles. The lowest BCUT2D eigenvalue weighted by atomic mass is 10.1. The molecule has 11 heteroatoms. The highest BCUT2D eigenvalue weighted by molar-refractivity contribution is 7.89. The van der Waals surface area contributed by atoms with Gasteiger partial charge in [0.2, 0.25) is 16.0 Å². The zero-order valence-corrected chi connectivity index (χ0v) is 16.2. The van der Waals surface area contributed by atoms with Crippen LogP contribution >= 0.6 is 0 Å². The summed E-state index contributed by atoms with van der Waals surface area (Å²) in [5.41, 5.74) is 0.960. The third kappa shape index (κ3) is 5.25. The van der Waals surface area contributed by atoms with E-state index in [0.717, 1.165) is 6.20 Å². The summed E-state index contributed by atoms with van der Waals surface area (Å²) in [6, 6.07) is 11.8. The summed E-state index contributed by atoms with van der Waals surface area (Å²) in [4.78, 5) is 7.70. The Balaban J connectivity index is 1.81. The topological polar surface area (TPSA) is 134 Å². The van der Waals surface area contributed by atoms with Gasteiger partial charge in [-0.15, -0.1) is 0 Å². The van der Waals surface area contributed by atoms with Gasteiger partial charge in [0, 0.05) is 17.8 Å². The van der Waals surface area contributed by atoms with Crippen LogP contribution in [0.4, 0.5) is 31.9 Å². The molecule has 0 atom stereocenters. The quantitative estimate of drug-likeness (QED) is 0.523. The maximum absolute atomic E-state index is 14.1. The van der Waals surface area contributed by atoms with Gasteiger partial charge in [-0.05, 0) is 42.3 Å². The molecule has 0 aliphatic carbocycles. The standard InChI is InChI=1S/C19H16F2N6O2S/c20-16-10-14(7-6-12(16)3-2-8-22)25-18-17(21)11-24-19(27-18)26-13-4-1-5-15(9-13)30(23,28)29/h1,4-7,9-11H,2-3H2,(H2,23,28,29)(H2,24,25,26,27). The van der Waals surface area contributed by atoms with Crippen molar-refractivity contribution in [2.24, 2.45) is 5.14 Å². The number of primary sulfonamides is 1. The van der Waals surface area contributed by atoms with Crippen molar-refractivity contribution >= 4 is 33.2 Å². The van der Waals surface area contributed by atoms with Crippen molar-refractivity contribution < 1.29 is 17.2 Å². The molecule has 4 N–H and O–H groups in total. The minimum atomic E-state index is -3.89. The fraction of sp³-hybridized carbons (Fsp3) is 0.105. The molecule has 0 saturated carbocycles. The van der Waals surface area contributed by atoms with Gasteiger partial charge in [0.05, 0.1) is 17.2 Å². The van der Waals surface area contributed by atoms with Crippen LogP contribution in [0, 0.1) is 23.0 Å². The Bertz CT molecular complexity index is 1230. The first-order valence-corrected chi connectivity index (χ1v) is 10.2. The van der Waals surface area contributed by atoms with E-state index < -0.39 is 21.7 Å². The van der Waals surface area contributed by atoms with Crippen LogP contribution in [0.3, 0.4) is 0 Å². The number of rotatable bonds is 7. The van der Waals surface area contributed by atoms with E-state index in [1.54, 1.807) is 12.1 Å². The molecule has 2 aromatic carbocycles. The molecule has 154 valence electrons. The van der Waals surface area contributed by atoms with Crippen molar-refractivity contribution in [1.82, 2.24) is 9.97 Å². The molecule has 0 aliphatic rings. The predicted octanol–water partition coefficient (Wildman–Crippen LogP) is 3.35. The van der Waals surface area contributed by atoms with E-state index in [9.17, 15) is 17.2 Å². The first kappa shape index (κ1) is 21.1. The van der Waals surface area contributed by atoms with Crippen LogP contribution in [0.1, 0.15) is 12.0 Å². The van der Waals surface area contributed by atoms with Gasteiger partial charge in [-0.1, -0.05) is 12.1 Å². The third-order valence-corrected chi connectivity index (χ3v) is 4.90. The SMILES string of the molecule is N#CCCc1ccc(Nc2nc(Nc3cccc(S(N)(=O)=O)c3)ncc2F)cc1F. The lowest BCUT2D eigenvalue weighted by molar-refractivity contribution is 0.598. The van der Waals surface area contributed by atoms with E-state index >= 15 is 0 Å². The second-order valence-corrected chi connectivity index (χ2v) is 7.74. The monoisotopic (exact) mass is 430 g/mol. The smallest absolute Gasteiger partial charge is 0.238 e. The minimum Gasteiger partial charge on any atom is -0.338 e. The van der Waals surface area contributed by atoms with E-state index in [-0.39, 0.29) is 35.2 Å². The van der Waals surface area contributed by atoms with Crippen molar-refractivity contribution in [3.63, 3.8) is 0 Å². The number of benzene rings is 2. The average molecular weight is 430 g/mol. The van der Waals surface area contributed by atoms with Gasteiger partial charge in [-0.2, -0.15) is 10.2 Å². The van der Waals surface area contributed by atoms with Crippen molar-refractivity contribution in [2.45, 2.75) is 17.7 Å². The highest BCUT2D eigenvalue weighted by atomic mass is 32.2. The molecule has 0 saturated heterocycles. The lowest BCUT2D eigenvalue weighted by Gasteiger charge is -2.11. The summed E-state index contributed by atoms with van der Waals surface area (Å²) in [5.74, 6) is -1.52. The van der Waals surface area contributed by atoms with Gasteiger partial charge in [0.25, 0.3) is 0 Å². The molecule has 1 aromatic heterocycles. The van der Waals surface area contributed by atoms with Crippen LogP contribution in [0.15, 0.2) is 53.6 Å². The van der Waals surface area contributed by atoms with Crippen molar-refractivity contribution in [3.05, 3.63) is 65.9 Å². The Morgan fingerprint density at radius 3 is 2.53 bits per heavy atom. The summed E-state index contributed by atoms with van der Waals surface area (Å²) in [6.07, 6.45) is 1.38. The maximum atomic E-state index is 14.1. The van der Waals surface area contributed by atoms with Crippen LogP contribution in [0.25, 0.3) is 0 Å². The van der Waals surface area contributed by atoms with Crippen LogP contribution in [0.2, 0.25) is 0 Å². The summed E-state index contributed by atoms with van der Waals surface area (Å²) in [6.45, 7) is 0. The van der Waals surface area contributed by atoms with Gasteiger partial charge in [-0.25, -0.2) is 27.3 Å². The van der Waals surface area contributed by atoms with Gasteiger partial charge in [0.1, 0.15) is 5.82 Å². The number of nitriles is 1. The molecule has 0 unspecified atom stereocenters. The molecular weight excluding hydrogens is 414 g/mol. The molecule has 8 nitrogen and oxygen atoms in total. The Labute approximate surface area is 171 Å². The van der Waals surface area contributed by atoms with Crippen LogP contribution in [-0.4, -0.2) is 18.4 Å². The zero-order chi connectivity index (χ0) is 21.7. The highest BCUT2D eigenvalue weighted by Gasteiger charge is 2.12. The van der Waals surface area contributed by atoms with Crippen LogP contribution < -0.4 is 15.8 Å². The van der Waals surface area contributed by atoms with E-state index in [4.69, 9.17) is 10.4 Å². The number of hydrogen-bond acceptors (Lipinski definition) is 7. The summed E-state index contributed by atoms with van der Waals surface area (Å²) < 4.78 is 51.2. The number of aromatic nitrogens is 2. The minimum absolute atomic E-state index is 0.0171. The molecule has 3 aromatic rings. The Morgan fingerprint density at radius 1 is 1.07 bits per heavy atom. The second kappa shape index (κ2) is 8.81. The van der Waals surface area contributed by atoms with E-state index in [0.29, 0.717) is 11.3 Å². The molecule has 0 amide bonds. The number of hydrogen-bond donors (Lipinski definition) is 3. The lowest BCUT2D eigenvalue weighted by Crippen LogP contribution is -2.12. The van der Waals surface area contributed by atoms with Crippen LogP contribution in [0.5, 0.6) is 0 Å². The molecule has 0 spiro atoms. The van der Waals surface area contributed by atoms with Crippen molar-refractivity contribution in [1.29, 1.82) is 5.26 Å². The first-order valence-electron chi connectivity index (χ1n) is 8.61. The van der Waals surface area contributed by atoms with Gasteiger partial charge in [0.15, 0.2) is 11.6 Å². The number of halogens is 2. The maximum Gasteiger partial charge on any atom is 0.238 e. The van der Waals surface area contributed by atoms with Crippen LogP contribution in [-0.2, 0) is 16.4 Å². The summed E-state index contributed by atoms with van der Waals surface area (Å²) in [7, 11) is -3.89. The Kier molecular flexibility index (Phi) is 6.20. The van der Waals surface area contributed by atoms with Gasteiger partial charge >= 0.3 is 0 Å². The first-order chi connectivity index (χ1) is 14.3. The molecule has 3 rings (SSSR count). The Hall–Kier alpha value is -3.62. The predicted molar refractivity (Wildman–Crippen MR) is 107 cm³/mol. The van der Waals surface area contributed by atoms with E-state index in [2.05, 4.69) is 20.6 Å². The van der Waals surface area contributed by atoms with Crippen molar-refractivity contribution in [2.75, 3.05) is 10.6 Å². The summed E-state index contributed by atoms with van der Waals surface area (Å²) in [5, 5.41) is 19.1. The van der Waals surface area contributed by atoms with Gasteiger partial charge < -0.3 is 10.6 Å². The molecule has 1 heterocycles. The third-order valence-electron chi connectivity index (χ3n) is 3.98. The zero-order valence-electron chi connectivity index (χ0n) is 15.4.